The maximum atomic E-state index is 8.59. The van der Waals surface area contributed by atoms with Crippen LogP contribution in [0.15, 0.2) is 12.1 Å². The van der Waals surface area contributed by atoms with Crippen LogP contribution in [0.5, 0.6) is 5.75 Å². The molecule has 3 N–H and O–H groups in total. The van der Waals surface area contributed by atoms with Crippen LogP contribution in [-0.2, 0) is 6.42 Å². The first kappa shape index (κ1) is 11.1. The third-order valence-corrected chi connectivity index (χ3v) is 2.22. The molecule has 3 nitrogen and oxygen atoms in total. The third kappa shape index (κ3) is 2.53. The number of hydrogen-bond acceptors (Lipinski definition) is 3. The molecule has 0 aliphatic rings. The van der Waals surface area contributed by atoms with Crippen LogP contribution >= 0.6 is 11.6 Å². The highest BCUT2D eigenvalue weighted by Crippen LogP contribution is 2.29. The molecule has 0 spiro atoms. The van der Waals surface area contributed by atoms with Crippen molar-refractivity contribution in [3.05, 3.63) is 22.7 Å². The molecule has 1 aromatic rings. The fraction of sp³-hybridized carbons (Fsp3) is 0.400. The highest BCUT2D eigenvalue weighted by Gasteiger charge is 2.06. The summed E-state index contributed by atoms with van der Waals surface area (Å²) >= 11 is 5.95. The Kier molecular flexibility index (Phi) is 4.04. The van der Waals surface area contributed by atoms with Crippen molar-refractivity contribution in [1.29, 1.82) is 0 Å². The Bertz CT molecular complexity index is 315. The van der Waals surface area contributed by atoms with E-state index in [0.717, 1.165) is 12.0 Å². The molecule has 78 valence electrons. The number of hydrogen-bond donors (Lipinski definition) is 2. The van der Waals surface area contributed by atoms with E-state index in [1.54, 1.807) is 12.1 Å². The number of aliphatic hydroxyl groups is 1. The molecule has 0 unspecified atom stereocenters. The molecule has 0 heterocycles. The predicted molar refractivity (Wildman–Crippen MR) is 57.8 cm³/mol. The molecule has 0 aromatic heterocycles. The summed E-state index contributed by atoms with van der Waals surface area (Å²) in [6, 6.07) is 3.49. The second-order valence-electron chi connectivity index (χ2n) is 2.91. The van der Waals surface area contributed by atoms with Gasteiger partial charge in [0, 0.05) is 11.8 Å². The van der Waals surface area contributed by atoms with Crippen molar-refractivity contribution in [3.8, 4) is 5.75 Å². The average molecular weight is 216 g/mol. The predicted octanol–water partition coefficient (Wildman–Crippen LogP) is 1.86. The number of benzene rings is 1. The lowest BCUT2D eigenvalue weighted by Crippen LogP contribution is -2.03. The van der Waals surface area contributed by atoms with Gasteiger partial charge in [-0.05, 0) is 18.1 Å². The normalized spacial score (nSPS) is 10.2. The van der Waals surface area contributed by atoms with Gasteiger partial charge in [-0.3, -0.25) is 0 Å². The summed E-state index contributed by atoms with van der Waals surface area (Å²) in [5.74, 6) is 0.524. The van der Waals surface area contributed by atoms with E-state index in [4.69, 9.17) is 27.2 Å². The van der Waals surface area contributed by atoms with E-state index in [-0.39, 0.29) is 13.2 Å². The van der Waals surface area contributed by atoms with Gasteiger partial charge >= 0.3 is 0 Å². The number of anilines is 1. The van der Waals surface area contributed by atoms with Gasteiger partial charge in [0.05, 0.1) is 11.6 Å². The average Bonchev–Trinajstić information content (AvgIpc) is 2.18. The van der Waals surface area contributed by atoms with Crippen molar-refractivity contribution >= 4 is 17.3 Å². The molecule has 0 saturated heterocycles. The lowest BCUT2D eigenvalue weighted by molar-refractivity contribution is 0.201. The van der Waals surface area contributed by atoms with E-state index in [9.17, 15) is 0 Å². The molecule has 0 fully saturated rings. The Hall–Kier alpha value is -0.930. The van der Waals surface area contributed by atoms with Gasteiger partial charge in [0.15, 0.2) is 0 Å². The molecule has 0 atom stereocenters. The maximum absolute atomic E-state index is 8.59. The molecule has 4 heteroatoms. The van der Waals surface area contributed by atoms with Crippen LogP contribution in [0.2, 0.25) is 5.02 Å². The van der Waals surface area contributed by atoms with Crippen LogP contribution in [0, 0.1) is 0 Å². The van der Waals surface area contributed by atoms with Gasteiger partial charge in [-0.2, -0.15) is 0 Å². The first-order chi connectivity index (χ1) is 6.69. The van der Waals surface area contributed by atoms with E-state index in [1.807, 2.05) is 6.92 Å². The largest absolute Gasteiger partial charge is 0.490 e. The zero-order valence-electron chi connectivity index (χ0n) is 8.09. The van der Waals surface area contributed by atoms with E-state index in [1.165, 1.54) is 0 Å². The summed E-state index contributed by atoms with van der Waals surface area (Å²) < 4.78 is 5.20. The summed E-state index contributed by atoms with van der Waals surface area (Å²) in [5.41, 5.74) is 7.45. The van der Waals surface area contributed by atoms with Crippen LogP contribution < -0.4 is 10.5 Å². The molecule has 1 rings (SSSR count). The maximum Gasteiger partial charge on any atom is 0.140 e. The van der Waals surface area contributed by atoms with Gasteiger partial charge < -0.3 is 15.6 Å². The van der Waals surface area contributed by atoms with Crippen LogP contribution in [0.3, 0.4) is 0 Å². The van der Waals surface area contributed by atoms with Crippen molar-refractivity contribution in [2.45, 2.75) is 13.3 Å². The summed E-state index contributed by atoms with van der Waals surface area (Å²) in [7, 11) is 0. The van der Waals surface area contributed by atoms with E-state index in [0.29, 0.717) is 16.5 Å². The summed E-state index contributed by atoms with van der Waals surface area (Å²) in [6.45, 7) is 2.20. The van der Waals surface area contributed by atoms with Gasteiger partial charge in [0.25, 0.3) is 0 Å². The SMILES string of the molecule is CCc1cc(Cl)c(OCCO)cc1N. The lowest BCUT2D eigenvalue weighted by atomic mass is 10.1. The second-order valence-corrected chi connectivity index (χ2v) is 3.31. The summed E-state index contributed by atoms with van der Waals surface area (Å²) in [4.78, 5) is 0. The fourth-order valence-corrected chi connectivity index (χ4v) is 1.42. The monoisotopic (exact) mass is 215 g/mol. The number of aliphatic hydroxyl groups excluding tert-OH is 1. The molecule has 0 bridgehead atoms. The van der Waals surface area contributed by atoms with Gasteiger partial charge in [-0.1, -0.05) is 18.5 Å². The highest BCUT2D eigenvalue weighted by molar-refractivity contribution is 6.32. The minimum Gasteiger partial charge on any atom is -0.490 e. The van der Waals surface area contributed by atoms with Crippen molar-refractivity contribution in [1.82, 2.24) is 0 Å². The van der Waals surface area contributed by atoms with E-state index in [2.05, 4.69) is 0 Å². The minimum atomic E-state index is -0.0359. The fourth-order valence-electron chi connectivity index (χ4n) is 1.18. The zero-order chi connectivity index (χ0) is 10.6. The minimum absolute atomic E-state index is 0.0359. The Morgan fingerprint density at radius 1 is 1.50 bits per heavy atom. The molecular weight excluding hydrogens is 202 g/mol. The molecular formula is C10H14ClNO2. The Morgan fingerprint density at radius 3 is 2.79 bits per heavy atom. The number of nitrogens with two attached hydrogens (primary N) is 1. The number of ether oxygens (including phenoxy) is 1. The zero-order valence-corrected chi connectivity index (χ0v) is 8.84. The molecule has 0 amide bonds. The van der Waals surface area contributed by atoms with Gasteiger partial charge in [-0.25, -0.2) is 0 Å². The Morgan fingerprint density at radius 2 is 2.21 bits per heavy atom. The number of rotatable bonds is 4. The van der Waals surface area contributed by atoms with Gasteiger partial charge in [0.2, 0.25) is 0 Å². The first-order valence-corrected chi connectivity index (χ1v) is 4.88. The number of halogens is 1. The first-order valence-electron chi connectivity index (χ1n) is 4.50. The molecule has 0 radical (unpaired) electrons. The standard InChI is InChI=1S/C10H14ClNO2/c1-2-7-5-8(11)10(6-9(7)12)14-4-3-13/h5-6,13H,2-4,12H2,1H3. The van der Waals surface area contributed by atoms with Crippen LogP contribution in [0.1, 0.15) is 12.5 Å². The molecule has 0 saturated carbocycles. The van der Waals surface area contributed by atoms with Crippen LogP contribution in [0.25, 0.3) is 0 Å². The molecule has 14 heavy (non-hydrogen) atoms. The molecule has 1 aromatic carbocycles. The van der Waals surface area contributed by atoms with Crippen LogP contribution in [0.4, 0.5) is 5.69 Å². The van der Waals surface area contributed by atoms with Gasteiger partial charge in [0.1, 0.15) is 12.4 Å². The van der Waals surface area contributed by atoms with Gasteiger partial charge in [-0.15, -0.1) is 0 Å². The number of nitrogen functional groups attached to an aromatic ring is 1. The van der Waals surface area contributed by atoms with E-state index >= 15 is 0 Å². The summed E-state index contributed by atoms with van der Waals surface area (Å²) in [6.07, 6.45) is 0.839. The smallest absolute Gasteiger partial charge is 0.140 e. The van der Waals surface area contributed by atoms with Crippen molar-refractivity contribution in [2.24, 2.45) is 0 Å². The quantitative estimate of drug-likeness (QED) is 0.754. The second kappa shape index (κ2) is 5.08. The molecule has 0 aliphatic heterocycles. The summed E-state index contributed by atoms with van der Waals surface area (Å²) in [5, 5.41) is 9.12. The van der Waals surface area contributed by atoms with E-state index < -0.39 is 0 Å². The highest BCUT2D eigenvalue weighted by atomic mass is 35.5. The third-order valence-electron chi connectivity index (χ3n) is 1.92. The number of aryl methyl sites for hydroxylation is 1. The van der Waals surface area contributed by atoms with Crippen molar-refractivity contribution in [2.75, 3.05) is 18.9 Å². The topological polar surface area (TPSA) is 55.5 Å². The Balaban J connectivity index is 2.90. The Labute approximate surface area is 88.4 Å². The van der Waals surface area contributed by atoms with Crippen molar-refractivity contribution < 1.29 is 9.84 Å². The van der Waals surface area contributed by atoms with Crippen LogP contribution in [-0.4, -0.2) is 18.3 Å². The lowest BCUT2D eigenvalue weighted by Gasteiger charge is -2.10. The van der Waals surface area contributed by atoms with Crippen molar-refractivity contribution in [3.63, 3.8) is 0 Å². The molecule has 0 aliphatic carbocycles.